The second-order valence-electron chi connectivity index (χ2n) is 5.34. The number of rotatable bonds is 3. The quantitative estimate of drug-likeness (QED) is 0.785. The van der Waals surface area contributed by atoms with Gasteiger partial charge in [-0.15, -0.1) is 0 Å². The fourth-order valence-electron chi connectivity index (χ4n) is 2.48. The van der Waals surface area contributed by atoms with Gasteiger partial charge >= 0.3 is 5.69 Å². The maximum absolute atomic E-state index is 12.5. The van der Waals surface area contributed by atoms with E-state index in [0.29, 0.717) is 22.4 Å². The van der Waals surface area contributed by atoms with Gasteiger partial charge in [-0.2, -0.15) is 0 Å². The lowest BCUT2D eigenvalue weighted by molar-refractivity contribution is 0.601. The second-order valence-corrected chi connectivity index (χ2v) is 7.02. The Balaban J connectivity index is 2.08. The van der Waals surface area contributed by atoms with E-state index in [0.717, 1.165) is 0 Å². The van der Waals surface area contributed by atoms with Crippen molar-refractivity contribution in [3.63, 3.8) is 0 Å². The average molecular weight is 332 g/mol. The van der Waals surface area contributed by atoms with Crippen molar-refractivity contribution in [2.45, 2.75) is 11.8 Å². The van der Waals surface area contributed by atoms with Gasteiger partial charge in [0.2, 0.25) is 0 Å². The van der Waals surface area contributed by atoms with Crippen LogP contribution in [0.3, 0.4) is 0 Å². The highest BCUT2D eigenvalue weighted by molar-refractivity contribution is 7.92. The Kier molecular flexibility index (Phi) is 3.48. The van der Waals surface area contributed by atoms with Crippen molar-refractivity contribution in [2.24, 2.45) is 14.1 Å². The van der Waals surface area contributed by atoms with Gasteiger partial charge in [0.25, 0.3) is 10.0 Å². The van der Waals surface area contributed by atoms with Crippen molar-refractivity contribution in [3.8, 4) is 0 Å². The molecule has 0 amide bonds. The summed E-state index contributed by atoms with van der Waals surface area (Å²) in [4.78, 5) is 16.1. The molecule has 1 N–H and O–H groups in total. The van der Waals surface area contributed by atoms with Gasteiger partial charge in [-0.3, -0.25) is 18.8 Å². The van der Waals surface area contributed by atoms with E-state index < -0.39 is 10.0 Å². The van der Waals surface area contributed by atoms with Gasteiger partial charge in [-0.05, 0) is 37.3 Å². The number of hydrogen-bond acceptors (Lipinski definition) is 4. The third-order valence-corrected chi connectivity index (χ3v) is 5.08. The molecule has 0 aliphatic carbocycles. The van der Waals surface area contributed by atoms with Crippen LogP contribution in [-0.4, -0.2) is 22.5 Å². The number of benzene rings is 1. The lowest BCUT2D eigenvalue weighted by Crippen LogP contribution is -2.19. The van der Waals surface area contributed by atoms with E-state index in [2.05, 4.69) is 9.71 Å². The summed E-state index contributed by atoms with van der Waals surface area (Å²) in [5.41, 5.74) is 2.19. The van der Waals surface area contributed by atoms with E-state index in [4.69, 9.17) is 0 Å². The molecule has 2 aromatic heterocycles. The molecule has 0 atom stereocenters. The van der Waals surface area contributed by atoms with Crippen LogP contribution in [0.5, 0.6) is 0 Å². The number of aryl methyl sites for hydroxylation is 3. The summed E-state index contributed by atoms with van der Waals surface area (Å²) < 4.78 is 30.5. The summed E-state index contributed by atoms with van der Waals surface area (Å²) in [6.07, 6.45) is 1.54. The molecular weight excluding hydrogens is 316 g/mol. The topological polar surface area (TPSA) is 86.0 Å². The average Bonchev–Trinajstić information content (AvgIpc) is 2.71. The highest BCUT2D eigenvalue weighted by atomic mass is 32.2. The first-order valence-electron chi connectivity index (χ1n) is 6.90. The summed E-state index contributed by atoms with van der Waals surface area (Å²) in [7, 11) is -0.483. The van der Waals surface area contributed by atoms with Crippen molar-refractivity contribution in [1.29, 1.82) is 0 Å². The molecule has 8 heteroatoms. The van der Waals surface area contributed by atoms with Gasteiger partial charge in [0.05, 0.1) is 21.6 Å². The Hall–Kier alpha value is -2.61. The number of sulfonamides is 1. The molecule has 0 spiro atoms. The largest absolute Gasteiger partial charge is 0.328 e. The monoisotopic (exact) mass is 332 g/mol. The molecule has 0 radical (unpaired) electrons. The lowest BCUT2D eigenvalue weighted by atomic mass is 10.3. The Bertz CT molecular complexity index is 1060. The number of aromatic nitrogens is 3. The molecule has 120 valence electrons. The fourth-order valence-corrected chi connectivity index (χ4v) is 3.55. The number of anilines is 1. The molecule has 2 heterocycles. The molecule has 7 nitrogen and oxygen atoms in total. The number of hydrogen-bond donors (Lipinski definition) is 1. The second kappa shape index (κ2) is 5.24. The molecule has 0 aliphatic heterocycles. The third-order valence-electron chi connectivity index (χ3n) is 3.70. The molecule has 23 heavy (non-hydrogen) atoms. The van der Waals surface area contributed by atoms with Crippen LogP contribution >= 0.6 is 0 Å². The van der Waals surface area contributed by atoms with Crippen molar-refractivity contribution in [3.05, 3.63) is 52.7 Å². The van der Waals surface area contributed by atoms with Crippen LogP contribution in [-0.2, 0) is 24.1 Å². The van der Waals surface area contributed by atoms with Crippen LogP contribution in [0, 0.1) is 6.92 Å². The SMILES string of the molecule is Cc1cc(NS(=O)(=O)c2ccc3c(c2)n(C)c(=O)n3C)ccn1. The first-order valence-corrected chi connectivity index (χ1v) is 8.39. The minimum atomic E-state index is -3.74. The molecule has 1 aromatic carbocycles. The molecule has 3 rings (SSSR count). The van der Waals surface area contributed by atoms with E-state index in [1.54, 1.807) is 39.2 Å². The Labute approximate surface area is 133 Å². The van der Waals surface area contributed by atoms with Gasteiger partial charge in [-0.25, -0.2) is 13.2 Å². The molecular formula is C15H16N4O3S. The molecule has 0 unspecified atom stereocenters. The lowest BCUT2D eigenvalue weighted by Gasteiger charge is -2.09. The van der Waals surface area contributed by atoms with Gasteiger partial charge in [0.1, 0.15) is 0 Å². The summed E-state index contributed by atoms with van der Waals surface area (Å²) >= 11 is 0. The first kappa shape index (κ1) is 15.3. The molecule has 0 fully saturated rings. The molecule has 3 aromatic rings. The van der Waals surface area contributed by atoms with E-state index in [9.17, 15) is 13.2 Å². The molecule has 0 aliphatic rings. The number of pyridine rings is 1. The Morgan fingerprint density at radius 1 is 1.04 bits per heavy atom. The minimum absolute atomic E-state index is 0.0978. The van der Waals surface area contributed by atoms with Crippen molar-refractivity contribution >= 4 is 26.7 Å². The maximum Gasteiger partial charge on any atom is 0.328 e. The predicted molar refractivity (Wildman–Crippen MR) is 87.9 cm³/mol. The summed E-state index contributed by atoms with van der Waals surface area (Å²) in [5, 5.41) is 0. The predicted octanol–water partition coefficient (Wildman–Crippen LogP) is 1.38. The van der Waals surface area contributed by atoms with E-state index in [1.165, 1.54) is 27.5 Å². The van der Waals surface area contributed by atoms with Crippen LogP contribution in [0.2, 0.25) is 0 Å². The van der Waals surface area contributed by atoms with E-state index in [1.807, 2.05) is 0 Å². The van der Waals surface area contributed by atoms with Crippen LogP contribution in [0.15, 0.2) is 46.2 Å². The molecule has 0 bridgehead atoms. The standard InChI is InChI=1S/C15H16N4O3S/c1-10-8-11(6-7-16-10)17-23(21,22)12-4-5-13-14(9-12)19(3)15(20)18(13)2/h4-9H,1-3H3,(H,16,17). The van der Waals surface area contributed by atoms with Crippen molar-refractivity contribution < 1.29 is 8.42 Å². The van der Waals surface area contributed by atoms with Crippen LogP contribution in [0.25, 0.3) is 11.0 Å². The highest BCUT2D eigenvalue weighted by Crippen LogP contribution is 2.20. The first-order chi connectivity index (χ1) is 10.8. The van der Waals surface area contributed by atoms with Crippen LogP contribution in [0.4, 0.5) is 5.69 Å². The van der Waals surface area contributed by atoms with E-state index in [-0.39, 0.29) is 10.6 Å². The number of imidazole rings is 1. The fraction of sp³-hybridized carbons (Fsp3) is 0.200. The van der Waals surface area contributed by atoms with Gasteiger partial charge < -0.3 is 0 Å². The number of nitrogens with zero attached hydrogens (tertiary/aromatic N) is 3. The van der Waals surface area contributed by atoms with Crippen molar-refractivity contribution in [1.82, 2.24) is 14.1 Å². The van der Waals surface area contributed by atoms with Crippen LogP contribution in [0.1, 0.15) is 5.69 Å². The zero-order valence-electron chi connectivity index (χ0n) is 12.9. The minimum Gasteiger partial charge on any atom is -0.295 e. The zero-order valence-corrected chi connectivity index (χ0v) is 13.8. The normalized spacial score (nSPS) is 11.8. The van der Waals surface area contributed by atoms with Gasteiger partial charge in [0.15, 0.2) is 0 Å². The number of nitrogens with one attached hydrogen (secondary N) is 1. The summed E-state index contributed by atoms with van der Waals surface area (Å²) in [6.45, 7) is 1.78. The third kappa shape index (κ3) is 2.61. The Morgan fingerprint density at radius 2 is 1.74 bits per heavy atom. The highest BCUT2D eigenvalue weighted by Gasteiger charge is 2.17. The van der Waals surface area contributed by atoms with Crippen molar-refractivity contribution in [2.75, 3.05) is 4.72 Å². The smallest absolute Gasteiger partial charge is 0.295 e. The van der Waals surface area contributed by atoms with E-state index >= 15 is 0 Å². The van der Waals surface area contributed by atoms with Crippen LogP contribution < -0.4 is 10.4 Å². The van der Waals surface area contributed by atoms with Gasteiger partial charge in [-0.1, -0.05) is 0 Å². The maximum atomic E-state index is 12.5. The summed E-state index contributed by atoms with van der Waals surface area (Å²) in [5.74, 6) is 0. The molecule has 0 saturated heterocycles. The zero-order chi connectivity index (χ0) is 16.8. The molecule has 0 saturated carbocycles. The number of fused-ring (bicyclic) bond motifs is 1. The Morgan fingerprint density at radius 3 is 2.43 bits per heavy atom. The summed E-state index contributed by atoms with van der Waals surface area (Å²) in [6, 6.07) is 7.84. The van der Waals surface area contributed by atoms with Gasteiger partial charge in [0, 0.05) is 26.0 Å².